The molecular weight excluding hydrogens is 310 g/mol. The number of rotatable bonds is 4. The van der Waals surface area contributed by atoms with Crippen molar-refractivity contribution in [3.63, 3.8) is 0 Å². The number of esters is 1. The summed E-state index contributed by atoms with van der Waals surface area (Å²) in [4.78, 5) is 24.8. The van der Waals surface area contributed by atoms with Gasteiger partial charge < -0.3 is 4.74 Å². The summed E-state index contributed by atoms with van der Waals surface area (Å²) >= 11 is 1.38. The van der Waals surface area contributed by atoms with Gasteiger partial charge in [-0.1, -0.05) is 41.9 Å². The normalized spacial score (nSPS) is 10.5. The van der Waals surface area contributed by atoms with Gasteiger partial charge in [-0.05, 0) is 36.8 Å². The van der Waals surface area contributed by atoms with Crippen molar-refractivity contribution < 1.29 is 9.53 Å². The molecule has 0 aliphatic heterocycles. The summed E-state index contributed by atoms with van der Waals surface area (Å²) in [6.07, 6.45) is 0. The molecule has 0 spiro atoms. The van der Waals surface area contributed by atoms with Crippen LogP contribution < -0.4 is 5.56 Å². The number of ether oxygens (including phenoxy) is 1. The molecule has 0 amide bonds. The molecule has 0 fully saturated rings. The van der Waals surface area contributed by atoms with Crippen molar-refractivity contribution in [3.05, 3.63) is 76.6 Å². The molecule has 2 aromatic carbocycles. The lowest BCUT2D eigenvalue weighted by Crippen LogP contribution is -2.10. The second-order valence-corrected chi connectivity index (χ2v) is 5.85. The van der Waals surface area contributed by atoms with Gasteiger partial charge >= 0.3 is 5.97 Å². The summed E-state index contributed by atoms with van der Waals surface area (Å²) in [5.41, 5.74) is 2.13. The van der Waals surface area contributed by atoms with Crippen LogP contribution in [-0.2, 0) is 4.74 Å². The first-order chi connectivity index (χ1) is 11.2. The Morgan fingerprint density at radius 3 is 2.43 bits per heavy atom. The van der Waals surface area contributed by atoms with Gasteiger partial charge in [-0.2, -0.15) is 0 Å². The molecule has 0 saturated carbocycles. The molecule has 0 saturated heterocycles. The number of hydrogen-bond acceptors (Lipinski definition) is 4. The fraction of sp³-hybridized carbons (Fsp3) is 0.111. The van der Waals surface area contributed by atoms with E-state index in [0.29, 0.717) is 12.2 Å². The molecule has 0 radical (unpaired) electrons. The molecule has 1 heterocycles. The number of carbonyl (C=O) groups excluding carboxylic acids is 1. The van der Waals surface area contributed by atoms with E-state index in [1.807, 2.05) is 30.3 Å². The first-order valence-electron chi connectivity index (χ1n) is 7.25. The maximum Gasteiger partial charge on any atom is 0.338 e. The molecule has 1 aromatic heterocycles. The van der Waals surface area contributed by atoms with Crippen LogP contribution in [0.5, 0.6) is 0 Å². The van der Waals surface area contributed by atoms with Gasteiger partial charge in [-0.3, -0.25) is 4.79 Å². The molecule has 3 aromatic rings. The van der Waals surface area contributed by atoms with Crippen molar-refractivity contribution in [3.8, 4) is 16.1 Å². The zero-order valence-electron chi connectivity index (χ0n) is 12.6. The average molecular weight is 325 g/mol. The third-order valence-electron chi connectivity index (χ3n) is 3.32. The van der Waals surface area contributed by atoms with E-state index in [2.05, 4.69) is 0 Å². The molecule has 5 heteroatoms. The van der Waals surface area contributed by atoms with E-state index >= 15 is 0 Å². The fourth-order valence-electron chi connectivity index (χ4n) is 2.21. The Kier molecular flexibility index (Phi) is 4.39. The van der Waals surface area contributed by atoms with Crippen LogP contribution in [0.4, 0.5) is 0 Å². The number of nitrogens with zero attached hydrogens (tertiary/aromatic N) is 1. The van der Waals surface area contributed by atoms with E-state index in [0.717, 1.165) is 16.1 Å². The van der Waals surface area contributed by atoms with Gasteiger partial charge in [-0.15, -0.1) is 0 Å². The van der Waals surface area contributed by atoms with Crippen molar-refractivity contribution in [2.45, 2.75) is 6.92 Å². The first kappa shape index (κ1) is 15.2. The van der Waals surface area contributed by atoms with Gasteiger partial charge in [0.05, 0.1) is 22.7 Å². The van der Waals surface area contributed by atoms with Gasteiger partial charge in [0.15, 0.2) is 0 Å². The standard InChI is InChI=1S/C18H15NO3S/c1-2-22-18(21)14-8-10-15(11-9-14)19-17(20)12-16(23-19)13-6-4-3-5-7-13/h3-12H,2H2,1H3. The molecule has 0 aliphatic carbocycles. The second-order valence-electron chi connectivity index (χ2n) is 4.87. The Hall–Kier alpha value is -2.66. The summed E-state index contributed by atoms with van der Waals surface area (Å²) in [6, 6.07) is 18.2. The molecule has 0 aliphatic rings. The van der Waals surface area contributed by atoms with E-state index < -0.39 is 0 Å². The minimum atomic E-state index is -0.359. The summed E-state index contributed by atoms with van der Waals surface area (Å²) in [5.74, 6) is -0.359. The average Bonchev–Trinajstić information content (AvgIpc) is 2.98. The Morgan fingerprint density at radius 2 is 1.78 bits per heavy atom. The van der Waals surface area contributed by atoms with E-state index in [1.54, 1.807) is 41.2 Å². The molecule has 0 N–H and O–H groups in total. The quantitative estimate of drug-likeness (QED) is 0.687. The van der Waals surface area contributed by atoms with Crippen molar-refractivity contribution >= 4 is 17.5 Å². The van der Waals surface area contributed by atoms with Gasteiger partial charge in [0, 0.05) is 6.07 Å². The lowest BCUT2D eigenvalue weighted by Gasteiger charge is -2.04. The predicted octanol–water partition coefficient (Wildman–Crippen LogP) is 3.74. The highest BCUT2D eigenvalue weighted by Gasteiger charge is 2.10. The van der Waals surface area contributed by atoms with Gasteiger partial charge in [0.1, 0.15) is 0 Å². The lowest BCUT2D eigenvalue weighted by molar-refractivity contribution is 0.0526. The maximum absolute atomic E-state index is 12.2. The fourth-order valence-corrected chi connectivity index (χ4v) is 3.17. The molecular formula is C18H15NO3S. The van der Waals surface area contributed by atoms with Crippen LogP contribution >= 0.6 is 11.5 Å². The van der Waals surface area contributed by atoms with Crippen LogP contribution in [0.1, 0.15) is 17.3 Å². The molecule has 23 heavy (non-hydrogen) atoms. The first-order valence-corrected chi connectivity index (χ1v) is 8.02. The molecule has 116 valence electrons. The minimum Gasteiger partial charge on any atom is -0.462 e. The summed E-state index contributed by atoms with van der Waals surface area (Å²) in [7, 11) is 0. The number of aromatic nitrogens is 1. The van der Waals surface area contributed by atoms with Crippen LogP contribution in [0.3, 0.4) is 0 Å². The summed E-state index contributed by atoms with van der Waals surface area (Å²) in [6.45, 7) is 2.11. The largest absolute Gasteiger partial charge is 0.462 e. The van der Waals surface area contributed by atoms with Crippen LogP contribution in [0.15, 0.2) is 65.5 Å². The zero-order chi connectivity index (χ0) is 16.2. The highest BCUT2D eigenvalue weighted by molar-refractivity contribution is 7.10. The third-order valence-corrected chi connectivity index (χ3v) is 4.44. The van der Waals surface area contributed by atoms with Gasteiger partial charge in [-0.25, -0.2) is 8.75 Å². The maximum atomic E-state index is 12.2. The third kappa shape index (κ3) is 3.24. The number of hydrogen-bond donors (Lipinski definition) is 0. The predicted molar refractivity (Wildman–Crippen MR) is 91.3 cm³/mol. The van der Waals surface area contributed by atoms with E-state index in [-0.39, 0.29) is 11.5 Å². The zero-order valence-corrected chi connectivity index (χ0v) is 13.4. The van der Waals surface area contributed by atoms with Crippen molar-refractivity contribution in [1.29, 1.82) is 0 Å². The van der Waals surface area contributed by atoms with E-state index in [1.165, 1.54) is 11.5 Å². The Labute approximate surface area is 137 Å². The monoisotopic (exact) mass is 325 g/mol. The molecule has 0 bridgehead atoms. The molecule has 3 rings (SSSR count). The van der Waals surface area contributed by atoms with Crippen LogP contribution in [0, 0.1) is 0 Å². The molecule has 4 nitrogen and oxygen atoms in total. The SMILES string of the molecule is CCOC(=O)c1ccc(-n2sc(-c3ccccc3)cc2=O)cc1. The Bertz CT molecular complexity index is 863. The van der Waals surface area contributed by atoms with Gasteiger partial charge in [0.2, 0.25) is 0 Å². The number of carbonyl (C=O) groups is 1. The topological polar surface area (TPSA) is 48.3 Å². The van der Waals surface area contributed by atoms with Crippen molar-refractivity contribution in [2.75, 3.05) is 6.61 Å². The van der Waals surface area contributed by atoms with Crippen molar-refractivity contribution in [2.24, 2.45) is 0 Å². The number of benzene rings is 2. The van der Waals surface area contributed by atoms with Gasteiger partial charge in [0.25, 0.3) is 5.56 Å². The lowest BCUT2D eigenvalue weighted by atomic mass is 10.2. The van der Waals surface area contributed by atoms with Crippen LogP contribution in [0.2, 0.25) is 0 Å². The minimum absolute atomic E-state index is 0.0854. The van der Waals surface area contributed by atoms with Crippen molar-refractivity contribution in [1.82, 2.24) is 3.96 Å². The smallest absolute Gasteiger partial charge is 0.338 e. The second kappa shape index (κ2) is 6.62. The van der Waals surface area contributed by atoms with E-state index in [9.17, 15) is 9.59 Å². The molecule has 0 unspecified atom stereocenters. The van der Waals surface area contributed by atoms with E-state index in [4.69, 9.17) is 4.74 Å². The summed E-state index contributed by atoms with van der Waals surface area (Å²) < 4.78 is 6.56. The Balaban J connectivity index is 1.92. The highest BCUT2D eigenvalue weighted by Crippen LogP contribution is 2.24. The van der Waals surface area contributed by atoms with Crippen LogP contribution in [0.25, 0.3) is 16.1 Å². The van der Waals surface area contributed by atoms with Crippen LogP contribution in [-0.4, -0.2) is 16.5 Å². The summed E-state index contributed by atoms with van der Waals surface area (Å²) in [5, 5.41) is 0. The molecule has 0 atom stereocenters. The Morgan fingerprint density at radius 1 is 1.09 bits per heavy atom. The highest BCUT2D eigenvalue weighted by atomic mass is 32.1.